The second-order valence-corrected chi connectivity index (χ2v) is 5.82. The van der Waals surface area contributed by atoms with Crippen molar-refractivity contribution in [1.29, 1.82) is 0 Å². The Morgan fingerprint density at radius 2 is 1.69 bits per heavy atom. The monoisotopic (exact) mass is 354 g/mol. The van der Waals surface area contributed by atoms with Crippen LogP contribution in [0.1, 0.15) is 28.4 Å². The van der Waals surface area contributed by atoms with Gasteiger partial charge in [-0.3, -0.25) is 4.79 Å². The highest BCUT2D eigenvalue weighted by Gasteiger charge is 2.09. The first-order valence-corrected chi connectivity index (χ1v) is 8.74. The molecule has 0 atom stereocenters. The van der Waals surface area contributed by atoms with E-state index in [1.54, 1.807) is 18.2 Å². The highest BCUT2D eigenvalue weighted by Crippen LogP contribution is 2.14. The van der Waals surface area contributed by atoms with E-state index in [0.717, 1.165) is 6.54 Å². The first-order valence-electron chi connectivity index (χ1n) is 8.74. The summed E-state index contributed by atoms with van der Waals surface area (Å²) in [6, 6.07) is 14.6. The quantitative estimate of drug-likeness (QED) is 0.349. The molecule has 1 amide bonds. The third-order valence-corrected chi connectivity index (χ3v) is 3.86. The van der Waals surface area contributed by atoms with Gasteiger partial charge in [0.2, 0.25) is 0 Å². The van der Waals surface area contributed by atoms with Crippen LogP contribution in [0, 0.1) is 6.92 Å². The Morgan fingerprint density at radius 3 is 2.42 bits per heavy atom. The van der Waals surface area contributed by atoms with Crippen LogP contribution in [-0.2, 0) is 6.54 Å². The Kier molecular flexibility index (Phi) is 7.49. The van der Waals surface area contributed by atoms with Gasteiger partial charge in [0.15, 0.2) is 5.96 Å². The van der Waals surface area contributed by atoms with E-state index < -0.39 is 0 Å². The average Bonchev–Trinajstić information content (AvgIpc) is 2.64. The maximum atomic E-state index is 12.0. The molecule has 0 radical (unpaired) electrons. The number of phenols is 1. The summed E-state index contributed by atoms with van der Waals surface area (Å²) in [4.78, 5) is 16.6. The molecule has 0 aliphatic carbocycles. The highest BCUT2D eigenvalue weighted by atomic mass is 16.3. The number of nitrogens with one attached hydrogen (secondary N) is 3. The van der Waals surface area contributed by atoms with E-state index >= 15 is 0 Å². The van der Waals surface area contributed by atoms with Crippen molar-refractivity contribution in [1.82, 2.24) is 16.0 Å². The van der Waals surface area contributed by atoms with Crippen molar-refractivity contribution in [3.63, 3.8) is 0 Å². The van der Waals surface area contributed by atoms with Crippen molar-refractivity contribution in [2.75, 3.05) is 19.6 Å². The number of phenolic OH excluding ortho intramolecular Hbond substituents is 1. The van der Waals surface area contributed by atoms with Gasteiger partial charge in [-0.1, -0.05) is 36.4 Å². The Hall–Kier alpha value is -3.02. The molecule has 0 unspecified atom stereocenters. The van der Waals surface area contributed by atoms with Gasteiger partial charge in [-0.15, -0.1) is 0 Å². The van der Waals surface area contributed by atoms with Crippen LogP contribution in [0.3, 0.4) is 0 Å². The number of aryl methyl sites for hydroxylation is 1. The summed E-state index contributed by atoms with van der Waals surface area (Å²) in [5, 5.41) is 18.8. The molecule has 0 saturated carbocycles. The summed E-state index contributed by atoms with van der Waals surface area (Å²) in [6.07, 6.45) is 0. The Bertz CT molecular complexity index is 759. The lowest BCUT2D eigenvalue weighted by Crippen LogP contribution is -2.41. The van der Waals surface area contributed by atoms with E-state index in [2.05, 4.69) is 40.0 Å². The fourth-order valence-corrected chi connectivity index (χ4v) is 2.41. The van der Waals surface area contributed by atoms with E-state index in [-0.39, 0.29) is 17.2 Å². The van der Waals surface area contributed by atoms with E-state index in [4.69, 9.17) is 0 Å². The third kappa shape index (κ3) is 5.81. The van der Waals surface area contributed by atoms with Crippen LogP contribution in [0.25, 0.3) is 0 Å². The van der Waals surface area contributed by atoms with Crippen LogP contribution in [0.15, 0.2) is 53.5 Å². The van der Waals surface area contributed by atoms with E-state index in [9.17, 15) is 9.90 Å². The van der Waals surface area contributed by atoms with Crippen molar-refractivity contribution >= 4 is 11.9 Å². The summed E-state index contributed by atoms with van der Waals surface area (Å²) in [5.74, 6) is 0.380. The molecule has 0 heterocycles. The number of rotatable bonds is 7. The van der Waals surface area contributed by atoms with Crippen molar-refractivity contribution < 1.29 is 9.90 Å². The second-order valence-electron chi connectivity index (χ2n) is 5.82. The number of amides is 1. The Balaban J connectivity index is 1.83. The first-order chi connectivity index (χ1) is 12.6. The summed E-state index contributed by atoms with van der Waals surface area (Å²) < 4.78 is 0. The molecule has 2 rings (SSSR count). The molecule has 0 bridgehead atoms. The summed E-state index contributed by atoms with van der Waals surface area (Å²) in [6.45, 7) is 6.36. The van der Waals surface area contributed by atoms with Gasteiger partial charge in [0.25, 0.3) is 5.91 Å². The standard InChI is InChI=1S/C20H26N4O2/c1-3-21-20(24-14-16-9-5-4-8-15(16)2)23-13-12-22-19(26)17-10-6-7-11-18(17)25/h4-11,25H,3,12-14H2,1-2H3,(H,22,26)(H2,21,23,24). The van der Waals surface area contributed by atoms with Crippen LogP contribution in [0.5, 0.6) is 5.75 Å². The third-order valence-electron chi connectivity index (χ3n) is 3.86. The lowest BCUT2D eigenvalue weighted by molar-refractivity contribution is 0.0951. The van der Waals surface area contributed by atoms with Gasteiger partial charge in [-0.2, -0.15) is 0 Å². The largest absolute Gasteiger partial charge is 0.507 e. The zero-order chi connectivity index (χ0) is 18.8. The fraction of sp³-hybridized carbons (Fsp3) is 0.300. The molecule has 0 spiro atoms. The average molecular weight is 354 g/mol. The predicted octanol–water partition coefficient (Wildman–Crippen LogP) is 2.19. The van der Waals surface area contributed by atoms with Gasteiger partial charge < -0.3 is 21.1 Å². The molecule has 2 aromatic rings. The van der Waals surface area contributed by atoms with Gasteiger partial charge in [0.05, 0.1) is 12.1 Å². The highest BCUT2D eigenvalue weighted by molar-refractivity contribution is 5.96. The van der Waals surface area contributed by atoms with Crippen molar-refractivity contribution in [2.24, 2.45) is 4.99 Å². The number of aliphatic imine (C=N–C) groups is 1. The van der Waals surface area contributed by atoms with E-state index in [1.165, 1.54) is 17.2 Å². The molecular weight excluding hydrogens is 328 g/mol. The molecule has 4 N–H and O–H groups in total. The first kappa shape index (κ1) is 19.3. The SMILES string of the molecule is CCNC(=NCc1ccccc1C)NCCNC(=O)c1ccccc1O. The number of aromatic hydroxyl groups is 1. The summed E-state index contributed by atoms with van der Waals surface area (Å²) in [5.41, 5.74) is 2.66. The molecular formula is C20H26N4O2. The molecule has 6 nitrogen and oxygen atoms in total. The molecule has 0 aromatic heterocycles. The van der Waals surface area contributed by atoms with Crippen LogP contribution < -0.4 is 16.0 Å². The number of nitrogens with zero attached hydrogens (tertiary/aromatic N) is 1. The molecule has 138 valence electrons. The topological polar surface area (TPSA) is 85.8 Å². The van der Waals surface area contributed by atoms with E-state index in [0.29, 0.717) is 25.6 Å². The number of hydrogen-bond acceptors (Lipinski definition) is 3. The number of para-hydroxylation sites is 1. The van der Waals surface area contributed by atoms with Crippen molar-refractivity contribution in [3.8, 4) is 5.75 Å². The van der Waals surface area contributed by atoms with Crippen LogP contribution in [-0.4, -0.2) is 36.6 Å². The lowest BCUT2D eigenvalue weighted by Gasteiger charge is -2.12. The van der Waals surface area contributed by atoms with Crippen molar-refractivity contribution in [2.45, 2.75) is 20.4 Å². The number of guanidine groups is 1. The molecule has 0 aliphatic heterocycles. The fourth-order valence-electron chi connectivity index (χ4n) is 2.41. The minimum atomic E-state index is -0.299. The molecule has 0 saturated heterocycles. The van der Waals surface area contributed by atoms with Gasteiger partial charge in [0.1, 0.15) is 5.75 Å². The normalized spacial score (nSPS) is 11.1. The molecule has 26 heavy (non-hydrogen) atoms. The van der Waals surface area contributed by atoms with Crippen molar-refractivity contribution in [3.05, 3.63) is 65.2 Å². The Labute approximate surface area is 154 Å². The van der Waals surface area contributed by atoms with Gasteiger partial charge >= 0.3 is 0 Å². The Morgan fingerprint density at radius 1 is 1.00 bits per heavy atom. The van der Waals surface area contributed by atoms with Gasteiger partial charge in [-0.05, 0) is 37.1 Å². The molecule has 2 aromatic carbocycles. The summed E-state index contributed by atoms with van der Waals surface area (Å²) in [7, 11) is 0. The zero-order valence-electron chi connectivity index (χ0n) is 15.2. The minimum absolute atomic E-state index is 0.0221. The summed E-state index contributed by atoms with van der Waals surface area (Å²) >= 11 is 0. The number of carbonyl (C=O) groups excluding carboxylic acids is 1. The molecule has 6 heteroatoms. The molecule has 0 fully saturated rings. The maximum Gasteiger partial charge on any atom is 0.255 e. The number of hydrogen-bond donors (Lipinski definition) is 4. The predicted molar refractivity (Wildman–Crippen MR) is 104 cm³/mol. The minimum Gasteiger partial charge on any atom is -0.507 e. The van der Waals surface area contributed by atoms with Crippen LogP contribution >= 0.6 is 0 Å². The second kappa shape index (κ2) is 10.1. The van der Waals surface area contributed by atoms with Crippen LogP contribution in [0.4, 0.5) is 0 Å². The van der Waals surface area contributed by atoms with Gasteiger partial charge in [-0.25, -0.2) is 4.99 Å². The van der Waals surface area contributed by atoms with Gasteiger partial charge in [0, 0.05) is 19.6 Å². The molecule has 0 aliphatic rings. The lowest BCUT2D eigenvalue weighted by atomic mass is 10.1. The maximum absolute atomic E-state index is 12.0. The zero-order valence-corrected chi connectivity index (χ0v) is 15.2. The van der Waals surface area contributed by atoms with E-state index in [1.807, 2.05) is 19.1 Å². The number of carbonyl (C=O) groups is 1. The van der Waals surface area contributed by atoms with Crippen LogP contribution in [0.2, 0.25) is 0 Å². The number of benzene rings is 2. The smallest absolute Gasteiger partial charge is 0.255 e.